The molecule has 0 radical (unpaired) electrons. The molecule has 1 aliphatic carbocycles. The van der Waals surface area contributed by atoms with E-state index in [0.29, 0.717) is 0 Å². The lowest BCUT2D eigenvalue weighted by atomic mass is 9.94. The summed E-state index contributed by atoms with van der Waals surface area (Å²) < 4.78 is 91.6. The third-order valence-electron chi connectivity index (χ3n) is 2.27. The zero-order valence-electron chi connectivity index (χ0n) is 7.92. The molecule has 0 heterocycles. The van der Waals surface area contributed by atoms with Crippen LogP contribution in [-0.4, -0.2) is 23.9 Å². The zero-order chi connectivity index (χ0) is 13.6. The molecule has 0 aromatic rings. The van der Waals surface area contributed by atoms with Crippen LogP contribution in [0.2, 0.25) is 0 Å². The SMILES string of the molecule is C=CC1(S(=O)(=O)O)C(F)=C(F)C(F)=C(F)C1F. The fourth-order valence-corrected chi connectivity index (χ4v) is 2.22. The summed E-state index contributed by atoms with van der Waals surface area (Å²) in [5.41, 5.74) is 0. The first kappa shape index (κ1) is 13.8. The molecule has 0 fully saturated rings. The summed E-state index contributed by atoms with van der Waals surface area (Å²) in [4.78, 5) is 0. The van der Waals surface area contributed by atoms with Crippen LogP contribution in [0.5, 0.6) is 0 Å². The predicted molar refractivity (Wildman–Crippen MR) is 47.9 cm³/mol. The molecule has 0 aromatic carbocycles. The smallest absolute Gasteiger partial charge is 0.284 e. The quantitative estimate of drug-likeness (QED) is 0.479. The van der Waals surface area contributed by atoms with E-state index in [2.05, 4.69) is 6.58 Å². The number of hydrogen-bond acceptors (Lipinski definition) is 2. The fourth-order valence-electron chi connectivity index (χ4n) is 1.33. The molecule has 1 aliphatic rings. The number of halogens is 5. The Morgan fingerprint density at radius 3 is 2.06 bits per heavy atom. The van der Waals surface area contributed by atoms with Gasteiger partial charge >= 0.3 is 0 Å². The van der Waals surface area contributed by atoms with Gasteiger partial charge in [0.25, 0.3) is 10.1 Å². The van der Waals surface area contributed by atoms with Gasteiger partial charge in [-0.1, -0.05) is 6.08 Å². The third-order valence-corrected chi connectivity index (χ3v) is 3.67. The van der Waals surface area contributed by atoms with Gasteiger partial charge in [0.15, 0.2) is 29.5 Å². The standard InChI is InChI=1S/C8H5F5O3S/c1-2-8(17(14,15)16)6(12)4(10)3(9)5(11)7(8)13/h2,6H,1H2,(H,14,15,16). The van der Waals surface area contributed by atoms with Gasteiger partial charge < -0.3 is 0 Å². The van der Waals surface area contributed by atoms with Gasteiger partial charge in [0.1, 0.15) is 0 Å². The zero-order valence-corrected chi connectivity index (χ0v) is 8.74. The maximum atomic E-state index is 13.3. The summed E-state index contributed by atoms with van der Waals surface area (Å²) >= 11 is 0. The van der Waals surface area contributed by atoms with Crippen molar-refractivity contribution >= 4 is 10.1 Å². The molecule has 2 atom stereocenters. The first-order valence-electron chi connectivity index (χ1n) is 3.97. The van der Waals surface area contributed by atoms with Crippen molar-refractivity contribution < 1.29 is 34.9 Å². The van der Waals surface area contributed by atoms with Crippen LogP contribution < -0.4 is 0 Å². The van der Waals surface area contributed by atoms with Gasteiger partial charge in [-0.2, -0.15) is 8.42 Å². The largest absolute Gasteiger partial charge is 0.284 e. The Bertz CT molecular complexity index is 535. The highest BCUT2D eigenvalue weighted by Gasteiger charge is 2.59. The molecule has 0 bridgehead atoms. The van der Waals surface area contributed by atoms with E-state index in [9.17, 15) is 30.4 Å². The second kappa shape index (κ2) is 3.91. The molecule has 0 saturated heterocycles. The molecule has 17 heavy (non-hydrogen) atoms. The lowest BCUT2D eigenvalue weighted by Gasteiger charge is -2.30. The molecule has 0 saturated carbocycles. The van der Waals surface area contributed by atoms with Crippen molar-refractivity contribution in [1.29, 1.82) is 0 Å². The van der Waals surface area contributed by atoms with Crippen molar-refractivity contribution in [1.82, 2.24) is 0 Å². The third kappa shape index (κ3) is 1.61. The van der Waals surface area contributed by atoms with E-state index in [4.69, 9.17) is 4.55 Å². The van der Waals surface area contributed by atoms with Gasteiger partial charge in [-0.15, -0.1) is 6.58 Å². The Labute approximate surface area is 92.7 Å². The van der Waals surface area contributed by atoms with Crippen LogP contribution in [0.1, 0.15) is 0 Å². The molecule has 0 amide bonds. The van der Waals surface area contributed by atoms with Crippen molar-refractivity contribution in [3.8, 4) is 0 Å². The van der Waals surface area contributed by atoms with E-state index in [1.54, 1.807) is 0 Å². The van der Waals surface area contributed by atoms with E-state index in [-0.39, 0.29) is 6.08 Å². The van der Waals surface area contributed by atoms with Crippen LogP contribution in [0, 0.1) is 0 Å². The second-order valence-electron chi connectivity index (χ2n) is 3.12. The maximum Gasteiger partial charge on any atom is 0.284 e. The Morgan fingerprint density at radius 1 is 1.24 bits per heavy atom. The van der Waals surface area contributed by atoms with Crippen molar-refractivity contribution in [2.24, 2.45) is 0 Å². The minimum atomic E-state index is -5.63. The number of hydrogen-bond donors (Lipinski definition) is 1. The topological polar surface area (TPSA) is 54.4 Å². The molecular weight excluding hydrogens is 271 g/mol. The first-order chi connectivity index (χ1) is 7.61. The van der Waals surface area contributed by atoms with E-state index < -0.39 is 44.3 Å². The average Bonchev–Trinajstić information content (AvgIpc) is 2.23. The Morgan fingerprint density at radius 2 is 1.71 bits per heavy atom. The van der Waals surface area contributed by atoms with Crippen molar-refractivity contribution in [2.45, 2.75) is 10.9 Å². The average molecular weight is 276 g/mol. The van der Waals surface area contributed by atoms with Crippen LogP contribution in [-0.2, 0) is 10.1 Å². The lowest BCUT2D eigenvalue weighted by Crippen LogP contribution is -2.48. The number of allylic oxidation sites excluding steroid dienone is 3. The minimum Gasteiger partial charge on any atom is -0.284 e. The Kier molecular flexibility index (Phi) is 3.19. The first-order valence-corrected chi connectivity index (χ1v) is 5.41. The molecule has 0 aliphatic heterocycles. The predicted octanol–water partition coefficient (Wildman–Crippen LogP) is 2.45. The van der Waals surface area contributed by atoms with Crippen molar-refractivity contribution in [3.63, 3.8) is 0 Å². The van der Waals surface area contributed by atoms with Gasteiger partial charge in [-0.25, -0.2) is 22.0 Å². The molecule has 0 aromatic heterocycles. The normalized spacial score (nSPS) is 30.8. The summed E-state index contributed by atoms with van der Waals surface area (Å²) in [6.45, 7) is 2.69. The molecule has 1 N–H and O–H groups in total. The summed E-state index contributed by atoms with van der Waals surface area (Å²) in [6.07, 6.45) is -3.51. The van der Waals surface area contributed by atoms with E-state index in [1.807, 2.05) is 0 Å². The summed E-state index contributed by atoms with van der Waals surface area (Å²) in [6, 6.07) is 0. The molecule has 9 heteroatoms. The maximum absolute atomic E-state index is 13.3. The Hall–Kier alpha value is -1.22. The van der Waals surface area contributed by atoms with Crippen LogP contribution in [0.3, 0.4) is 0 Å². The van der Waals surface area contributed by atoms with Gasteiger partial charge in [0.05, 0.1) is 0 Å². The molecular formula is C8H5F5O3S. The Balaban J connectivity index is 3.74. The highest BCUT2D eigenvalue weighted by molar-refractivity contribution is 7.87. The summed E-state index contributed by atoms with van der Waals surface area (Å²) in [7, 11) is -5.63. The van der Waals surface area contributed by atoms with Crippen molar-refractivity contribution in [3.05, 3.63) is 36.0 Å². The number of rotatable bonds is 2. The van der Waals surface area contributed by atoms with Gasteiger partial charge in [-0.3, -0.25) is 4.55 Å². The number of alkyl halides is 1. The molecule has 96 valence electrons. The summed E-state index contributed by atoms with van der Waals surface area (Å²) in [5, 5.41) is 0. The molecule has 3 nitrogen and oxygen atoms in total. The fraction of sp³-hybridized carbons (Fsp3) is 0.250. The monoisotopic (exact) mass is 276 g/mol. The van der Waals surface area contributed by atoms with Gasteiger partial charge in [-0.05, 0) is 0 Å². The highest BCUT2D eigenvalue weighted by atomic mass is 32.2. The van der Waals surface area contributed by atoms with Crippen LogP contribution in [0.15, 0.2) is 36.0 Å². The van der Waals surface area contributed by atoms with Gasteiger partial charge in [0.2, 0.25) is 4.75 Å². The molecule has 0 spiro atoms. The van der Waals surface area contributed by atoms with Crippen LogP contribution >= 0.6 is 0 Å². The van der Waals surface area contributed by atoms with Gasteiger partial charge in [0, 0.05) is 0 Å². The minimum absolute atomic E-state index is 0.0477. The molecule has 1 rings (SSSR count). The van der Waals surface area contributed by atoms with E-state index in [1.165, 1.54) is 0 Å². The molecule has 2 unspecified atom stereocenters. The van der Waals surface area contributed by atoms with Crippen LogP contribution in [0.4, 0.5) is 22.0 Å². The van der Waals surface area contributed by atoms with E-state index >= 15 is 0 Å². The highest BCUT2D eigenvalue weighted by Crippen LogP contribution is 2.46. The van der Waals surface area contributed by atoms with Crippen molar-refractivity contribution in [2.75, 3.05) is 0 Å². The van der Waals surface area contributed by atoms with E-state index in [0.717, 1.165) is 0 Å². The lowest BCUT2D eigenvalue weighted by molar-refractivity contribution is 0.235. The second-order valence-corrected chi connectivity index (χ2v) is 4.75. The van der Waals surface area contributed by atoms with Crippen LogP contribution in [0.25, 0.3) is 0 Å². The summed E-state index contributed by atoms with van der Waals surface area (Å²) in [5.74, 6) is -9.99.